The van der Waals surface area contributed by atoms with Crippen molar-refractivity contribution in [3.63, 3.8) is 0 Å². The third-order valence-electron chi connectivity index (χ3n) is 5.16. The summed E-state index contributed by atoms with van der Waals surface area (Å²) in [6.07, 6.45) is 0. The molecule has 1 atom stereocenters. The highest BCUT2D eigenvalue weighted by atomic mass is 35.5. The fraction of sp³-hybridized carbons (Fsp3) is 0.227. The molecule has 30 heavy (non-hydrogen) atoms. The van der Waals surface area contributed by atoms with Crippen molar-refractivity contribution in [3.8, 4) is 0 Å². The van der Waals surface area contributed by atoms with Gasteiger partial charge in [0.15, 0.2) is 5.69 Å². The van der Waals surface area contributed by atoms with Crippen LogP contribution in [0.4, 0.5) is 4.39 Å². The lowest BCUT2D eigenvalue weighted by Gasteiger charge is -2.27. The Morgan fingerprint density at radius 3 is 2.70 bits per heavy atom. The average molecular weight is 427 g/mol. The molecular weight excluding hydrogens is 407 g/mol. The van der Waals surface area contributed by atoms with Crippen LogP contribution in [-0.4, -0.2) is 33.0 Å². The van der Waals surface area contributed by atoms with E-state index in [1.807, 2.05) is 37.3 Å². The first-order valence-electron chi connectivity index (χ1n) is 9.60. The second kappa shape index (κ2) is 8.28. The average Bonchev–Trinajstić information content (AvgIpc) is 3.18. The molecule has 0 saturated carbocycles. The second-order valence-electron chi connectivity index (χ2n) is 7.17. The van der Waals surface area contributed by atoms with E-state index in [-0.39, 0.29) is 40.7 Å². The molecule has 0 saturated heterocycles. The van der Waals surface area contributed by atoms with Gasteiger partial charge in [0.05, 0.1) is 19.1 Å². The number of hydrogen-bond acceptors (Lipinski definition) is 3. The molecule has 0 spiro atoms. The molecule has 2 amide bonds. The number of benzene rings is 2. The van der Waals surface area contributed by atoms with Gasteiger partial charge in [-0.05, 0) is 24.6 Å². The van der Waals surface area contributed by atoms with E-state index >= 15 is 0 Å². The van der Waals surface area contributed by atoms with Crippen LogP contribution < -0.4 is 5.32 Å². The van der Waals surface area contributed by atoms with Crippen molar-refractivity contribution in [2.45, 2.75) is 26.1 Å². The lowest BCUT2D eigenvalue weighted by atomic mass is 10.1. The summed E-state index contributed by atoms with van der Waals surface area (Å²) in [4.78, 5) is 27.0. The maximum Gasteiger partial charge on any atom is 0.272 e. The van der Waals surface area contributed by atoms with E-state index in [2.05, 4.69) is 10.4 Å². The smallest absolute Gasteiger partial charge is 0.272 e. The molecule has 1 aliphatic heterocycles. The summed E-state index contributed by atoms with van der Waals surface area (Å²) in [6, 6.07) is 15.3. The van der Waals surface area contributed by atoms with Gasteiger partial charge < -0.3 is 10.2 Å². The van der Waals surface area contributed by atoms with Crippen molar-refractivity contribution >= 4 is 23.4 Å². The van der Waals surface area contributed by atoms with Crippen LogP contribution in [0.15, 0.2) is 54.6 Å². The summed E-state index contributed by atoms with van der Waals surface area (Å²) in [7, 11) is 0. The Bertz CT molecular complexity index is 1080. The number of nitrogens with zero attached hydrogens (tertiary/aromatic N) is 3. The third kappa shape index (κ3) is 3.93. The van der Waals surface area contributed by atoms with E-state index < -0.39 is 5.82 Å². The molecular formula is C22H20ClFN4O2. The number of hydrogen-bond donors (Lipinski definition) is 1. The van der Waals surface area contributed by atoms with Crippen LogP contribution in [0.25, 0.3) is 0 Å². The third-order valence-corrected chi connectivity index (χ3v) is 5.51. The van der Waals surface area contributed by atoms with Crippen molar-refractivity contribution in [2.24, 2.45) is 0 Å². The van der Waals surface area contributed by atoms with Gasteiger partial charge in [0.25, 0.3) is 11.8 Å². The molecule has 4 rings (SSSR count). The summed E-state index contributed by atoms with van der Waals surface area (Å²) >= 11 is 6.09. The zero-order chi connectivity index (χ0) is 21.3. The van der Waals surface area contributed by atoms with E-state index in [4.69, 9.17) is 11.6 Å². The first-order chi connectivity index (χ1) is 14.4. The number of carbonyl (C=O) groups is 2. The first kappa shape index (κ1) is 20.1. The highest BCUT2D eigenvalue weighted by Gasteiger charge is 2.29. The fourth-order valence-corrected chi connectivity index (χ4v) is 3.69. The molecule has 0 aliphatic carbocycles. The van der Waals surface area contributed by atoms with E-state index in [1.165, 1.54) is 27.8 Å². The molecule has 2 aromatic carbocycles. The van der Waals surface area contributed by atoms with Crippen LogP contribution in [0.1, 0.15) is 45.1 Å². The van der Waals surface area contributed by atoms with Crippen LogP contribution in [0.2, 0.25) is 5.02 Å². The Morgan fingerprint density at radius 1 is 1.20 bits per heavy atom. The largest absolute Gasteiger partial charge is 0.344 e. The Kier molecular flexibility index (Phi) is 5.55. The highest BCUT2D eigenvalue weighted by molar-refractivity contribution is 6.31. The number of carbonyl (C=O) groups excluding carboxylic acids is 2. The zero-order valence-electron chi connectivity index (χ0n) is 16.3. The lowest BCUT2D eigenvalue weighted by molar-refractivity contribution is 0.0681. The van der Waals surface area contributed by atoms with Gasteiger partial charge in [0.2, 0.25) is 0 Å². The first-order valence-corrected chi connectivity index (χ1v) is 9.97. The highest BCUT2D eigenvalue weighted by Crippen LogP contribution is 2.23. The molecule has 8 heteroatoms. The van der Waals surface area contributed by atoms with Gasteiger partial charge in [-0.2, -0.15) is 5.10 Å². The van der Waals surface area contributed by atoms with E-state index in [9.17, 15) is 14.0 Å². The standard InChI is InChI=1S/C22H20ClFN4O2/c1-14(15-6-3-2-4-7-15)25-21(29)19-12-20-22(30)27(10-11-28(20)26-19)13-16-17(23)8-5-9-18(16)24/h2-9,12,14H,10-11,13H2,1H3,(H,25,29)/t14-/m0/s1. The molecule has 0 bridgehead atoms. The SMILES string of the molecule is C[C@H](NC(=O)c1cc2n(n1)CCN(Cc1c(F)cccc1Cl)C2=O)c1ccccc1. The number of aromatic nitrogens is 2. The fourth-order valence-electron chi connectivity index (χ4n) is 3.47. The lowest BCUT2D eigenvalue weighted by Crippen LogP contribution is -2.40. The number of nitrogens with one attached hydrogen (secondary N) is 1. The minimum Gasteiger partial charge on any atom is -0.344 e. The van der Waals surface area contributed by atoms with Gasteiger partial charge in [-0.25, -0.2) is 4.39 Å². The maximum absolute atomic E-state index is 14.1. The van der Waals surface area contributed by atoms with Crippen molar-refractivity contribution in [2.75, 3.05) is 6.54 Å². The minimum absolute atomic E-state index is 0.0576. The minimum atomic E-state index is -0.454. The topological polar surface area (TPSA) is 67.2 Å². The molecule has 1 aromatic heterocycles. The normalized spacial score (nSPS) is 14.4. The number of amides is 2. The van der Waals surface area contributed by atoms with Gasteiger partial charge >= 0.3 is 0 Å². The molecule has 3 aromatic rings. The van der Waals surface area contributed by atoms with Crippen molar-refractivity contribution < 1.29 is 14.0 Å². The van der Waals surface area contributed by atoms with Crippen molar-refractivity contribution in [1.29, 1.82) is 0 Å². The predicted octanol–water partition coefficient (Wildman–Crippen LogP) is 3.82. The summed E-state index contributed by atoms with van der Waals surface area (Å²) < 4.78 is 15.6. The number of halogens is 2. The molecule has 0 unspecified atom stereocenters. The summed E-state index contributed by atoms with van der Waals surface area (Å²) in [5, 5.41) is 7.45. The van der Waals surface area contributed by atoms with Crippen LogP contribution in [-0.2, 0) is 13.1 Å². The maximum atomic E-state index is 14.1. The molecule has 1 aliphatic rings. The Morgan fingerprint density at radius 2 is 1.97 bits per heavy atom. The van der Waals surface area contributed by atoms with Gasteiger partial charge in [-0.3, -0.25) is 14.3 Å². The number of fused-ring (bicyclic) bond motifs is 1. The Labute approximate surface area is 178 Å². The monoisotopic (exact) mass is 426 g/mol. The van der Waals surface area contributed by atoms with E-state index in [0.717, 1.165) is 5.56 Å². The van der Waals surface area contributed by atoms with E-state index in [0.29, 0.717) is 18.8 Å². The molecule has 0 fully saturated rings. The van der Waals surface area contributed by atoms with Crippen LogP contribution >= 0.6 is 11.6 Å². The summed E-state index contributed by atoms with van der Waals surface area (Å²) in [5.41, 5.74) is 1.71. The molecule has 1 N–H and O–H groups in total. The van der Waals surface area contributed by atoms with Crippen LogP contribution in [0.5, 0.6) is 0 Å². The number of rotatable bonds is 5. The van der Waals surface area contributed by atoms with Crippen molar-refractivity contribution in [3.05, 3.63) is 88.0 Å². The van der Waals surface area contributed by atoms with E-state index in [1.54, 1.807) is 6.07 Å². The quantitative estimate of drug-likeness (QED) is 0.674. The molecule has 2 heterocycles. The Balaban J connectivity index is 1.49. The van der Waals surface area contributed by atoms with Gasteiger partial charge in [-0.15, -0.1) is 0 Å². The van der Waals surface area contributed by atoms with Gasteiger partial charge in [0.1, 0.15) is 11.5 Å². The molecule has 0 radical (unpaired) electrons. The second-order valence-corrected chi connectivity index (χ2v) is 7.58. The van der Waals surface area contributed by atoms with Crippen LogP contribution in [0, 0.1) is 5.82 Å². The summed E-state index contributed by atoms with van der Waals surface area (Å²) in [6.45, 7) is 2.70. The summed E-state index contributed by atoms with van der Waals surface area (Å²) in [5.74, 6) is -1.13. The Hall–Kier alpha value is -3.19. The van der Waals surface area contributed by atoms with Gasteiger partial charge in [0, 0.05) is 23.2 Å². The van der Waals surface area contributed by atoms with Gasteiger partial charge in [-0.1, -0.05) is 48.0 Å². The van der Waals surface area contributed by atoms with Crippen LogP contribution in [0.3, 0.4) is 0 Å². The van der Waals surface area contributed by atoms with Crippen molar-refractivity contribution in [1.82, 2.24) is 20.0 Å². The predicted molar refractivity (Wildman–Crippen MR) is 111 cm³/mol. The zero-order valence-corrected chi connectivity index (χ0v) is 17.1. The molecule has 154 valence electrons. The molecule has 6 nitrogen and oxygen atoms in total.